The third-order valence-electron chi connectivity index (χ3n) is 2.20. The van der Waals surface area contributed by atoms with Crippen LogP contribution in [-0.2, 0) is 9.59 Å². The number of hydrogen-bond donors (Lipinski definition) is 2. The molecule has 1 aromatic rings. The van der Waals surface area contributed by atoms with Crippen LogP contribution in [0.1, 0.15) is 29.0 Å². The number of benzene rings is 1. The molecule has 92 valence electrons. The first-order valence-electron chi connectivity index (χ1n) is 4.69. The second-order valence-electron chi connectivity index (χ2n) is 3.49. The predicted octanol–water partition coefficient (Wildman–Crippen LogP) is 2.59. The summed E-state index contributed by atoms with van der Waals surface area (Å²) in [5.41, 5.74) is 0.954. The first kappa shape index (κ1) is 14.3. The van der Waals surface area contributed by atoms with Crippen LogP contribution < -0.4 is 0 Å². The molecular weight excluding hydrogens is 356 g/mol. The van der Waals surface area contributed by atoms with E-state index in [1.54, 1.807) is 12.1 Å². The van der Waals surface area contributed by atoms with Crippen molar-refractivity contribution in [1.82, 2.24) is 0 Å². The number of carbonyl (C=O) groups excluding carboxylic acids is 1. The zero-order valence-electron chi connectivity index (χ0n) is 8.85. The molecule has 2 atom stereocenters. The monoisotopic (exact) mass is 364 g/mol. The Morgan fingerprint density at radius 3 is 2.35 bits per heavy atom. The SMILES string of the molecule is CC(=O)C(Br)c1ccc(C(O)C(=O)O)c(Br)c1. The van der Waals surface area contributed by atoms with Crippen molar-refractivity contribution in [2.45, 2.75) is 17.9 Å². The molecular formula is C11H10Br2O4. The number of rotatable bonds is 4. The summed E-state index contributed by atoms with van der Waals surface area (Å²) in [5.74, 6) is -1.37. The zero-order valence-corrected chi connectivity index (χ0v) is 12.0. The van der Waals surface area contributed by atoms with E-state index in [9.17, 15) is 14.7 Å². The maximum absolute atomic E-state index is 11.2. The van der Waals surface area contributed by atoms with Crippen LogP contribution in [0.5, 0.6) is 0 Å². The van der Waals surface area contributed by atoms with Crippen LogP contribution in [0.25, 0.3) is 0 Å². The summed E-state index contributed by atoms with van der Waals surface area (Å²) in [6.07, 6.45) is -1.58. The van der Waals surface area contributed by atoms with Crippen molar-refractivity contribution in [3.8, 4) is 0 Å². The molecule has 0 saturated heterocycles. The molecule has 2 N–H and O–H groups in total. The third kappa shape index (κ3) is 3.37. The fraction of sp³-hybridized carbons (Fsp3) is 0.273. The van der Waals surface area contributed by atoms with Crippen molar-refractivity contribution in [3.05, 3.63) is 33.8 Å². The van der Waals surface area contributed by atoms with Crippen LogP contribution in [0.2, 0.25) is 0 Å². The van der Waals surface area contributed by atoms with Gasteiger partial charge in [-0.2, -0.15) is 0 Å². The van der Waals surface area contributed by atoms with E-state index in [4.69, 9.17) is 5.11 Å². The fourth-order valence-electron chi connectivity index (χ4n) is 1.29. The number of ketones is 1. The summed E-state index contributed by atoms with van der Waals surface area (Å²) >= 11 is 6.40. The molecule has 0 spiro atoms. The smallest absolute Gasteiger partial charge is 0.337 e. The maximum Gasteiger partial charge on any atom is 0.337 e. The van der Waals surface area contributed by atoms with Gasteiger partial charge in [0.15, 0.2) is 6.10 Å². The normalized spacial score (nSPS) is 14.1. The lowest BCUT2D eigenvalue weighted by molar-refractivity contribution is -0.147. The highest BCUT2D eigenvalue weighted by Gasteiger charge is 2.20. The Kier molecular flexibility index (Phi) is 4.85. The molecule has 0 radical (unpaired) electrons. The number of aliphatic hydroxyl groups excluding tert-OH is 1. The van der Waals surface area contributed by atoms with E-state index in [0.29, 0.717) is 10.0 Å². The van der Waals surface area contributed by atoms with Crippen LogP contribution in [0, 0.1) is 0 Å². The van der Waals surface area contributed by atoms with Crippen molar-refractivity contribution in [2.75, 3.05) is 0 Å². The molecule has 6 heteroatoms. The number of Topliss-reactive ketones (excluding diaryl/α,β-unsaturated/α-hetero) is 1. The Labute approximate surface area is 115 Å². The van der Waals surface area contributed by atoms with Gasteiger partial charge in [-0.3, -0.25) is 4.79 Å². The van der Waals surface area contributed by atoms with Crippen molar-refractivity contribution in [1.29, 1.82) is 0 Å². The Bertz CT molecular complexity index is 459. The molecule has 0 aliphatic carbocycles. The second-order valence-corrected chi connectivity index (χ2v) is 5.26. The zero-order chi connectivity index (χ0) is 13.2. The molecule has 0 amide bonds. The lowest BCUT2D eigenvalue weighted by atomic mass is 10.0. The first-order chi connectivity index (χ1) is 7.84. The quantitative estimate of drug-likeness (QED) is 0.804. The van der Waals surface area contributed by atoms with E-state index in [1.165, 1.54) is 13.0 Å². The summed E-state index contributed by atoms with van der Waals surface area (Å²) in [6, 6.07) is 4.70. The van der Waals surface area contributed by atoms with Crippen molar-refractivity contribution in [3.63, 3.8) is 0 Å². The van der Waals surface area contributed by atoms with Crippen LogP contribution >= 0.6 is 31.9 Å². The minimum atomic E-state index is -1.58. The van der Waals surface area contributed by atoms with Gasteiger partial charge >= 0.3 is 5.97 Å². The van der Waals surface area contributed by atoms with E-state index in [2.05, 4.69) is 31.9 Å². The molecule has 0 aliphatic rings. The van der Waals surface area contributed by atoms with Crippen molar-refractivity contribution >= 4 is 43.6 Å². The average molecular weight is 366 g/mol. The Morgan fingerprint density at radius 2 is 1.94 bits per heavy atom. The number of alkyl halides is 1. The highest BCUT2D eigenvalue weighted by molar-refractivity contribution is 9.10. The molecule has 0 aliphatic heterocycles. The number of carboxylic acid groups (broad SMARTS) is 1. The lowest BCUT2D eigenvalue weighted by Gasteiger charge is -2.12. The van der Waals surface area contributed by atoms with Gasteiger partial charge in [0.1, 0.15) is 5.78 Å². The van der Waals surface area contributed by atoms with Gasteiger partial charge in [-0.05, 0) is 18.6 Å². The molecule has 0 aromatic heterocycles. The molecule has 2 unspecified atom stereocenters. The van der Waals surface area contributed by atoms with E-state index in [-0.39, 0.29) is 11.3 Å². The summed E-state index contributed by atoms with van der Waals surface area (Å²) in [5, 5.41) is 18.1. The highest BCUT2D eigenvalue weighted by Crippen LogP contribution is 2.30. The van der Waals surface area contributed by atoms with Gasteiger partial charge in [0.25, 0.3) is 0 Å². The minimum absolute atomic E-state index is 0.0524. The number of carboxylic acids is 1. The highest BCUT2D eigenvalue weighted by atomic mass is 79.9. The summed E-state index contributed by atoms with van der Waals surface area (Å²) in [6.45, 7) is 1.45. The number of carbonyl (C=O) groups is 2. The van der Waals surface area contributed by atoms with Gasteiger partial charge in [-0.15, -0.1) is 0 Å². The van der Waals surface area contributed by atoms with Crippen molar-refractivity contribution < 1.29 is 19.8 Å². The second kappa shape index (κ2) is 5.75. The number of aliphatic hydroxyl groups is 1. The van der Waals surface area contributed by atoms with Crippen LogP contribution in [-0.4, -0.2) is 22.0 Å². The molecule has 0 fully saturated rings. The fourth-order valence-corrected chi connectivity index (χ4v) is 2.19. The number of halogens is 2. The summed E-state index contributed by atoms with van der Waals surface area (Å²) in [4.78, 5) is 21.4. The standard InChI is InChI=1S/C11H10Br2O4/c1-5(14)9(13)6-2-3-7(8(12)4-6)10(15)11(16)17/h2-4,9-10,15H,1H3,(H,16,17). The minimum Gasteiger partial charge on any atom is -0.479 e. The topological polar surface area (TPSA) is 74.6 Å². The first-order valence-corrected chi connectivity index (χ1v) is 6.40. The van der Waals surface area contributed by atoms with E-state index >= 15 is 0 Å². The average Bonchev–Trinajstić information content (AvgIpc) is 2.26. The third-order valence-corrected chi connectivity index (χ3v) is 4.06. The van der Waals surface area contributed by atoms with E-state index in [1.807, 2.05) is 0 Å². The van der Waals surface area contributed by atoms with Crippen molar-refractivity contribution in [2.24, 2.45) is 0 Å². The van der Waals surface area contributed by atoms with Gasteiger partial charge in [0, 0.05) is 10.0 Å². The molecule has 0 saturated carbocycles. The van der Waals surface area contributed by atoms with Gasteiger partial charge in [-0.25, -0.2) is 4.79 Å². The van der Waals surface area contributed by atoms with Crippen LogP contribution in [0.4, 0.5) is 0 Å². The van der Waals surface area contributed by atoms with E-state index < -0.39 is 16.9 Å². The van der Waals surface area contributed by atoms with Crippen LogP contribution in [0.3, 0.4) is 0 Å². The molecule has 1 aromatic carbocycles. The molecule has 4 nitrogen and oxygen atoms in total. The van der Waals surface area contributed by atoms with Gasteiger partial charge in [0.05, 0.1) is 4.83 Å². The Balaban J connectivity index is 3.10. The number of aliphatic carboxylic acids is 1. The molecule has 0 bridgehead atoms. The number of hydrogen-bond acceptors (Lipinski definition) is 3. The van der Waals surface area contributed by atoms with Gasteiger partial charge < -0.3 is 10.2 Å². The summed E-state index contributed by atoms with van der Waals surface area (Å²) < 4.78 is 0.454. The van der Waals surface area contributed by atoms with Gasteiger partial charge in [0.2, 0.25) is 0 Å². The Morgan fingerprint density at radius 1 is 1.35 bits per heavy atom. The maximum atomic E-state index is 11.2. The molecule has 0 heterocycles. The largest absolute Gasteiger partial charge is 0.479 e. The predicted molar refractivity (Wildman–Crippen MR) is 69.1 cm³/mol. The lowest BCUT2D eigenvalue weighted by Crippen LogP contribution is -2.11. The molecule has 1 rings (SSSR count). The van der Waals surface area contributed by atoms with Crippen LogP contribution in [0.15, 0.2) is 22.7 Å². The Hall–Kier alpha value is -0.720. The summed E-state index contributed by atoms with van der Waals surface area (Å²) in [7, 11) is 0. The molecule has 17 heavy (non-hydrogen) atoms. The van der Waals surface area contributed by atoms with Gasteiger partial charge in [-0.1, -0.05) is 44.0 Å². The van der Waals surface area contributed by atoms with E-state index in [0.717, 1.165) is 0 Å².